The third kappa shape index (κ3) is 5.24. The van der Waals surface area contributed by atoms with E-state index in [1.54, 1.807) is 0 Å². The molecule has 0 atom stereocenters. The van der Waals surface area contributed by atoms with Gasteiger partial charge in [-0.2, -0.15) is 0 Å². The first-order valence-electron chi connectivity index (χ1n) is 12.3. The van der Waals surface area contributed by atoms with E-state index in [4.69, 9.17) is 9.72 Å². The van der Waals surface area contributed by atoms with Crippen molar-refractivity contribution >= 4 is 22.7 Å². The molecule has 5 heteroatoms. The van der Waals surface area contributed by atoms with Gasteiger partial charge in [-0.3, -0.25) is 4.79 Å². The zero-order chi connectivity index (χ0) is 24.6. The number of carbonyl (C=O) groups excluding carboxylic acids is 1. The van der Waals surface area contributed by atoms with E-state index in [0.717, 1.165) is 36.4 Å². The number of aryl methyl sites for hydroxylation is 1. The van der Waals surface area contributed by atoms with E-state index in [1.807, 2.05) is 33.0 Å². The summed E-state index contributed by atoms with van der Waals surface area (Å²) in [6, 6.07) is 21.4. The molecule has 0 spiro atoms. The van der Waals surface area contributed by atoms with Crippen molar-refractivity contribution in [3.8, 4) is 11.1 Å². The monoisotopic (exact) mass is 467 g/mol. The number of benzene rings is 2. The molecule has 0 saturated carbocycles. The molecule has 0 bridgehead atoms. The lowest BCUT2D eigenvalue weighted by Crippen LogP contribution is -2.48. The number of esters is 1. The van der Waals surface area contributed by atoms with Crippen molar-refractivity contribution in [2.75, 3.05) is 18.0 Å². The second-order valence-electron chi connectivity index (χ2n) is 10.6. The minimum atomic E-state index is -0.435. The normalized spacial score (nSPS) is 14.2. The Morgan fingerprint density at radius 3 is 2.46 bits per heavy atom. The fourth-order valence-electron chi connectivity index (χ4n) is 4.72. The summed E-state index contributed by atoms with van der Waals surface area (Å²) in [6.07, 6.45) is 4.65. The highest BCUT2D eigenvalue weighted by Crippen LogP contribution is 2.35. The van der Waals surface area contributed by atoms with Crippen LogP contribution in [-0.4, -0.2) is 34.2 Å². The predicted octanol–water partition coefficient (Wildman–Crippen LogP) is 6.23. The standard InChI is InChI=1S/C30H33N3O2/c1-21-10-12-22(13-11-21)17-33-20-27(24-8-6-5-7-9-24)26-15-25(16-31-29(26)33)32-18-23(19-32)14-28(34)35-30(2,3)4/h5-13,15-16,20,23H,14,17-19H2,1-4H3. The van der Waals surface area contributed by atoms with E-state index in [2.05, 4.69) is 77.2 Å². The van der Waals surface area contributed by atoms with E-state index in [0.29, 0.717) is 12.3 Å². The molecule has 1 saturated heterocycles. The molecule has 2 aromatic carbocycles. The maximum absolute atomic E-state index is 12.2. The van der Waals surface area contributed by atoms with Gasteiger partial charge in [-0.25, -0.2) is 4.98 Å². The molecular weight excluding hydrogens is 434 g/mol. The molecule has 0 unspecified atom stereocenters. The van der Waals surface area contributed by atoms with Gasteiger partial charge in [-0.15, -0.1) is 0 Å². The number of anilines is 1. The Morgan fingerprint density at radius 1 is 1.06 bits per heavy atom. The van der Waals surface area contributed by atoms with Crippen LogP contribution in [0, 0.1) is 12.8 Å². The molecule has 1 aliphatic heterocycles. The highest BCUT2D eigenvalue weighted by Gasteiger charge is 2.31. The zero-order valence-electron chi connectivity index (χ0n) is 21.0. The van der Waals surface area contributed by atoms with Crippen molar-refractivity contribution in [1.82, 2.24) is 9.55 Å². The Bertz CT molecular complexity index is 1330. The summed E-state index contributed by atoms with van der Waals surface area (Å²) >= 11 is 0. The van der Waals surface area contributed by atoms with Gasteiger partial charge in [-0.05, 0) is 44.9 Å². The first-order chi connectivity index (χ1) is 16.7. The second-order valence-corrected chi connectivity index (χ2v) is 10.6. The molecule has 5 nitrogen and oxygen atoms in total. The minimum absolute atomic E-state index is 0.115. The SMILES string of the molecule is Cc1ccc(Cn2cc(-c3ccccc3)c3cc(N4CC(CC(=O)OC(C)(C)C)C4)cnc32)cc1. The van der Waals surface area contributed by atoms with E-state index in [1.165, 1.54) is 22.3 Å². The van der Waals surface area contributed by atoms with E-state index >= 15 is 0 Å². The van der Waals surface area contributed by atoms with E-state index in [-0.39, 0.29) is 5.97 Å². The summed E-state index contributed by atoms with van der Waals surface area (Å²) in [7, 11) is 0. The number of hydrogen-bond acceptors (Lipinski definition) is 4. The number of nitrogens with zero attached hydrogens (tertiary/aromatic N) is 3. The molecule has 4 aromatic rings. The Hall–Kier alpha value is -3.60. The Morgan fingerprint density at radius 2 is 1.77 bits per heavy atom. The topological polar surface area (TPSA) is 47.4 Å². The second kappa shape index (κ2) is 9.21. The molecule has 2 aromatic heterocycles. The van der Waals surface area contributed by atoms with Crippen LogP contribution in [-0.2, 0) is 16.1 Å². The fourth-order valence-corrected chi connectivity index (χ4v) is 4.72. The van der Waals surface area contributed by atoms with Crippen molar-refractivity contribution in [3.05, 3.63) is 84.2 Å². The number of aromatic nitrogens is 2. The Balaban J connectivity index is 1.40. The van der Waals surface area contributed by atoms with Gasteiger partial charge in [0.05, 0.1) is 18.3 Å². The summed E-state index contributed by atoms with van der Waals surface area (Å²) < 4.78 is 7.74. The lowest BCUT2D eigenvalue weighted by Gasteiger charge is -2.40. The predicted molar refractivity (Wildman–Crippen MR) is 142 cm³/mol. The quantitative estimate of drug-likeness (QED) is 0.316. The highest BCUT2D eigenvalue weighted by molar-refractivity contribution is 5.96. The van der Waals surface area contributed by atoms with Crippen molar-refractivity contribution in [2.24, 2.45) is 5.92 Å². The average Bonchev–Trinajstić information content (AvgIpc) is 3.14. The average molecular weight is 468 g/mol. The maximum atomic E-state index is 12.2. The van der Waals surface area contributed by atoms with Crippen molar-refractivity contribution in [3.63, 3.8) is 0 Å². The lowest BCUT2D eigenvalue weighted by atomic mass is 9.95. The highest BCUT2D eigenvalue weighted by atomic mass is 16.6. The molecular formula is C30H33N3O2. The van der Waals surface area contributed by atoms with Crippen molar-refractivity contribution in [1.29, 1.82) is 0 Å². The van der Waals surface area contributed by atoms with Gasteiger partial charge in [0.2, 0.25) is 0 Å². The number of fused-ring (bicyclic) bond motifs is 1. The number of carbonyl (C=O) groups is 1. The molecule has 0 amide bonds. The van der Waals surface area contributed by atoms with Gasteiger partial charge >= 0.3 is 5.97 Å². The molecule has 0 N–H and O–H groups in total. The number of pyridine rings is 1. The van der Waals surface area contributed by atoms with Gasteiger partial charge < -0.3 is 14.2 Å². The zero-order valence-corrected chi connectivity index (χ0v) is 21.0. The van der Waals surface area contributed by atoms with Crippen LogP contribution >= 0.6 is 0 Å². The van der Waals surface area contributed by atoms with Crippen LogP contribution in [0.2, 0.25) is 0 Å². The molecule has 1 fully saturated rings. The van der Waals surface area contributed by atoms with Gasteiger partial charge in [-0.1, -0.05) is 60.2 Å². The summed E-state index contributed by atoms with van der Waals surface area (Å²) in [4.78, 5) is 19.4. The largest absolute Gasteiger partial charge is 0.460 e. The van der Waals surface area contributed by atoms with Crippen LogP contribution in [0.4, 0.5) is 5.69 Å². The summed E-state index contributed by atoms with van der Waals surface area (Å²) in [6.45, 7) is 10.3. The third-order valence-electron chi connectivity index (χ3n) is 6.46. The Labute approximate surface area is 207 Å². The van der Waals surface area contributed by atoms with Crippen molar-refractivity contribution in [2.45, 2.75) is 46.3 Å². The minimum Gasteiger partial charge on any atom is -0.460 e. The lowest BCUT2D eigenvalue weighted by molar-refractivity contribution is -0.156. The van der Waals surface area contributed by atoms with Crippen LogP contribution in [0.25, 0.3) is 22.2 Å². The first kappa shape index (κ1) is 23.2. The first-order valence-corrected chi connectivity index (χ1v) is 12.3. The van der Waals surface area contributed by atoms with Crippen LogP contribution in [0.1, 0.15) is 38.3 Å². The molecule has 1 aliphatic rings. The van der Waals surface area contributed by atoms with E-state index in [9.17, 15) is 4.79 Å². The van der Waals surface area contributed by atoms with Crippen LogP contribution in [0.15, 0.2) is 73.1 Å². The number of hydrogen-bond donors (Lipinski definition) is 0. The maximum Gasteiger partial charge on any atom is 0.306 e. The molecule has 3 heterocycles. The summed E-state index contributed by atoms with van der Waals surface area (Å²) in [5.41, 5.74) is 6.54. The molecule has 180 valence electrons. The molecule has 0 aliphatic carbocycles. The number of ether oxygens (including phenoxy) is 1. The van der Waals surface area contributed by atoms with Gasteiger partial charge in [0.25, 0.3) is 0 Å². The van der Waals surface area contributed by atoms with Crippen LogP contribution in [0.3, 0.4) is 0 Å². The smallest absolute Gasteiger partial charge is 0.306 e. The van der Waals surface area contributed by atoms with Gasteiger partial charge in [0, 0.05) is 42.7 Å². The summed E-state index contributed by atoms with van der Waals surface area (Å²) in [5.74, 6) is 0.204. The van der Waals surface area contributed by atoms with Gasteiger partial charge in [0.15, 0.2) is 0 Å². The fraction of sp³-hybridized carbons (Fsp3) is 0.333. The molecule has 35 heavy (non-hydrogen) atoms. The van der Waals surface area contributed by atoms with Crippen LogP contribution < -0.4 is 4.90 Å². The van der Waals surface area contributed by atoms with Gasteiger partial charge in [0.1, 0.15) is 11.2 Å². The Kier molecular flexibility index (Phi) is 6.10. The third-order valence-corrected chi connectivity index (χ3v) is 6.46. The molecule has 5 rings (SSSR count). The van der Waals surface area contributed by atoms with Crippen LogP contribution in [0.5, 0.6) is 0 Å². The van der Waals surface area contributed by atoms with Crippen molar-refractivity contribution < 1.29 is 9.53 Å². The summed E-state index contributed by atoms with van der Waals surface area (Å²) in [5, 5.41) is 1.15. The van der Waals surface area contributed by atoms with E-state index < -0.39 is 5.60 Å². The number of rotatable bonds is 6. The molecule has 0 radical (unpaired) electrons.